The van der Waals surface area contributed by atoms with Gasteiger partial charge in [0.1, 0.15) is 5.60 Å². The molecule has 0 saturated carbocycles. The van der Waals surface area contributed by atoms with E-state index in [2.05, 4.69) is 0 Å². The molecule has 0 N–H and O–H groups in total. The number of esters is 1. The fourth-order valence-corrected chi connectivity index (χ4v) is 3.65. The Balaban J connectivity index is 1.85. The van der Waals surface area contributed by atoms with Gasteiger partial charge in [-0.15, -0.1) is 0 Å². The summed E-state index contributed by atoms with van der Waals surface area (Å²) >= 11 is 0. The van der Waals surface area contributed by atoms with Crippen molar-refractivity contribution in [3.8, 4) is 0 Å². The summed E-state index contributed by atoms with van der Waals surface area (Å²) in [7, 11) is 0. The minimum Gasteiger partial charge on any atom is -0.462 e. The number of hydrogen-bond donors (Lipinski definition) is 0. The topological polar surface area (TPSA) is 55.8 Å². The SMILES string of the molecule is CCOC(=O)c1ccc2c(c1)CC(N(Cc1ccc(F)c(F)c1)C(=O)OC(C)(C)C)C2. The lowest BCUT2D eigenvalue weighted by Gasteiger charge is -2.31. The van der Waals surface area contributed by atoms with Crippen molar-refractivity contribution in [2.24, 2.45) is 0 Å². The molecule has 0 radical (unpaired) electrons. The van der Waals surface area contributed by atoms with Gasteiger partial charge in [0.15, 0.2) is 11.6 Å². The van der Waals surface area contributed by atoms with Crippen molar-refractivity contribution in [1.82, 2.24) is 4.90 Å². The van der Waals surface area contributed by atoms with E-state index in [0.29, 0.717) is 30.6 Å². The van der Waals surface area contributed by atoms with Crippen LogP contribution in [0.1, 0.15) is 54.7 Å². The first-order chi connectivity index (χ1) is 14.6. The second-order valence-electron chi connectivity index (χ2n) is 8.62. The summed E-state index contributed by atoms with van der Waals surface area (Å²) in [5, 5.41) is 0. The first-order valence-electron chi connectivity index (χ1n) is 10.3. The maximum Gasteiger partial charge on any atom is 0.410 e. The van der Waals surface area contributed by atoms with Gasteiger partial charge < -0.3 is 14.4 Å². The average Bonchev–Trinajstić information content (AvgIpc) is 3.10. The number of carbonyl (C=O) groups excluding carboxylic acids is 2. The highest BCUT2D eigenvalue weighted by Gasteiger charge is 2.33. The predicted molar refractivity (Wildman–Crippen MR) is 112 cm³/mol. The van der Waals surface area contributed by atoms with Crippen LogP contribution in [0, 0.1) is 11.6 Å². The summed E-state index contributed by atoms with van der Waals surface area (Å²) in [6.45, 7) is 7.44. The molecule has 2 aromatic carbocycles. The van der Waals surface area contributed by atoms with E-state index in [0.717, 1.165) is 23.3 Å². The Labute approximate surface area is 181 Å². The van der Waals surface area contributed by atoms with Crippen molar-refractivity contribution in [3.05, 3.63) is 70.3 Å². The Kier molecular flexibility index (Phi) is 6.62. The molecule has 0 heterocycles. The number of hydrogen-bond acceptors (Lipinski definition) is 4. The monoisotopic (exact) mass is 431 g/mol. The van der Waals surface area contributed by atoms with E-state index in [1.165, 1.54) is 6.07 Å². The molecular weight excluding hydrogens is 404 g/mol. The lowest BCUT2D eigenvalue weighted by molar-refractivity contribution is 0.0147. The fourth-order valence-electron chi connectivity index (χ4n) is 3.65. The quantitative estimate of drug-likeness (QED) is 0.622. The number of fused-ring (bicyclic) bond motifs is 1. The van der Waals surface area contributed by atoms with Crippen molar-refractivity contribution in [2.75, 3.05) is 6.61 Å². The molecule has 0 fully saturated rings. The normalized spacial score (nSPS) is 15.4. The third-order valence-electron chi connectivity index (χ3n) is 5.03. The summed E-state index contributed by atoms with van der Waals surface area (Å²) < 4.78 is 37.7. The smallest absolute Gasteiger partial charge is 0.410 e. The number of benzene rings is 2. The van der Waals surface area contributed by atoms with E-state index in [1.54, 1.807) is 44.7 Å². The molecule has 1 aliphatic carbocycles. The average molecular weight is 431 g/mol. The van der Waals surface area contributed by atoms with Gasteiger partial charge in [0.25, 0.3) is 0 Å². The molecule has 1 aliphatic rings. The van der Waals surface area contributed by atoms with Crippen LogP contribution in [0.5, 0.6) is 0 Å². The van der Waals surface area contributed by atoms with Gasteiger partial charge >= 0.3 is 12.1 Å². The maximum absolute atomic E-state index is 13.7. The Hall–Kier alpha value is -2.96. The molecule has 5 nitrogen and oxygen atoms in total. The molecule has 0 aromatic heterocycles. The number of carbonyl (C=O) groups is 2. The zero-order chi connectivity index (χ0) is 22.8. The second-order valence-corrected chi connectivity index (χ2v) is 8.62. The van der Waals surface area contributed by atoms with E-state index < -0.39 is 23.3 Å². The number of rotatable bonds is 5. The van der Waals surface area contributed by atoms with Crippen LogP contribution in [0.15, 0.2) is 36.4 Å². The molecule has 1 amide bonds. The van der Waals surface area contributed by atoms with Gasteiger partial charge in [-0.2, -0.15) is 0 Å². The van der Waals surface area contributed by atoms with E-state index in [-0.39, 0.29) is 18.6 Å². The van der Waals surface area contributed by atoms with Crippen LogP contribution < -0.4 is 0 Å². The molecule has 0 saturated heterocycles. The van der Waals surface area contributed by atoms with Gasteiger partial charge in [0.2, 0.25) is 0 Å². The predicted octanol–water partition coefficient (Wildman–Crippen LogP) is 5.05. The lowest BCUT2D eigenvalue weighted by Crippen LogP contribution is -2.43. The molecule has 0 aliphatic heterocycles. The number of ether oxygens (including phenoxy) is 2. The van der Waals surface area contributed by atoms with E-state index in [1.807, 2.05) is 6.07 Å². The summed E-state index contributed by atoms with van der Waals surface area (Å²) in [6.07, 6.45) is 0.563. The third-order valence-corrected chi connectivity index (χ3v) is 5.03. The number of halogens is 2. The minimum atomic E-state index is -0.963. The summed E-state index contributed by atoms with van der Waals surface area (Å²) in [5.74, 6) is -2.29. The molecule has 0 spiro atoms. The Bertz CT molecular complexity index is 984. The summed E-state index contributed by atoms with van der Waals surface area (Å²) in [5.41, 5.74) is 2.20. The van der Waals surface area contributed by atoms with Crippen LogP contribution >= 0.6 is 0 Å². The van der Waals surface area contributed by atoms with Crippen LogP contribution in [0.4, 0.5) is 13.6 Å². The lowest BCUT2D eigenvalue weighted by atomic mass is 10.1. The van der Waals surface area contributed by atoms with Crippen LogP contribution in [0.3, 0.4) is 0 Å². The first kappa shape index (κ1) is 22.7. The standard InChI is InChI=1S/C24H27F2NO4/c1-5-30-22(28)17-8-7-16-12-19(13-18(16)11-17)27(23(29)31-24(2,3)4)14-15-6-9-20(25)21(26)10-15/h6-11,19H,5,12-14H2,1-4H3. The Morgan fingerprint density at radius 2 is 1.74 bits per heavy atom. The van der Waals surface area contributed by atoms with Crippen molar-refractivity contribution in [3.63, 3.8) is 0 Å². The molecule has 7 heteroatoms. The van der Waals surface area contributed by atoms with Gasteiger partial charge in [0.05, 0.1) is 12.2 Å². The summed E-state index contributed by atoms with van der Waals surface area (Å²) in [6, 6.07) is 8.73. The van der Waals surface area contributed by atoms with Crippen molar-refractivity contribution >= 4 is 12.1 Å². The number of nitrogens with zero attached hydrogens (tertiary/aromatic N) is 1. The molecule has 166 valence electrons. The van der Waals surface area contributed by atoms with Crippen LogP contribution in [0.2, 0.25) is 0 Å². The second kappa shape index (κ2) is 9.04. The van der Waals surface area contributed by atoms with Crippen LogP contribution in [-0.4, -0.2) is 35.2 Å². The van der Waals surface area contributed by atoms with Crippen molar-refractivity contribution in [2.45, 2.75) is 58.7 Å². The molecule has 31 heavy (non-hydrogen) atoms. The highest BCUT2D eigenvalue weighted by molar-refractivity contribution is 5.89. The van der Waals surface area contributed by atoms with Gasteiger partial charge in [-0.25, -0.2) is 18.4 Å². The first-order valence-corrected chi connectivity index (χ1v) is 10.3. The van der Waals surface area contributed by atoms with E-state index in [4.69, 9.17) is 9.47 Å². The van der Waals surface area contributed by atoms with Crippen molar-refractivity contribution in [1.29, 1.82) is 0 Å². The van der Waals surface area contributed by atoms with Gasteiger partial charge in [0, 0.05) is 12.6 Å². The zero-order valence-corrected chi connectivity index (χ0v) is 18.2. The Morgan fingerprint density at radius 1 is 1.03 bits per heavy atom. The molecular formula is C24H27F2NO4. The number of amides is 1. The highest BCUT2D eigenvalue weighted by atomic mass is 19.2. The largest absolute Gasteiger partial charge is 0.462 e. The zero-order valence-electron chi connectivity index (χ0n) is 18.2. The highest BCUT2D eigenvalue weighted by Crippen LogP contribution is 2.29. The molecule has 0 bridgehead atoms. The summed E-state index contributed by atoms with van der Waals surface area (Å²) in [4.78, 5) is 26.6. The molecule has 1 atom stereocenters. The maximum atomic E-state index is 13.7. The molecule has 1 unspecified atom stereocenters. The van der Waals surface area contributed by atoms with Gasteiger partial charge in [-0.3, -0.25) is 0 Å². The van der Waals surface area contributed by atoms with E-state index in [9.17, 15) is 18.4 Å². The van der Waals surface area contributed by atoms with Gasteiger partial charge in [-0.05, 0) is 81.5 Å². The van der Waals surface area contributed by atoms with Crippen LogP contribution in [-0.2, 0) is 28.9 Å². The van der Waals surface area contributed by atoms with Crippen LogP contribution in [0.25, 0.3) is 0 Å². The molecule has 3 rings (SSSR count). The molecule has 2 aromatic rings. The van der Waals surface area contributed by atoms with Crippen molar-refractivity contribution < 1.29 is 27.8 Å². The van der Waals surface area contributed by atoms with E-state index >= 15 is 0 Å². The fraction of sp³-hybridized carbons (Fsp3) is 0.417. The third kappa shape index (κ3) is 5.60. The Morgan fingerprint density at radius 3 is 2.39 bits per heavy atom. The minimum absolute atomic E-state index is 0.0789. The van der Waals surface area contributed by atoms with Gasteiger partial charge in [-0.1, -0.05) is 12.1 Å².